The van der Waals surface area contributed by atoms with Crippen LogP contribution in [0.15, 0.2) is 0 Å². The summed E-state index contributed by atoms with van der Waals surface area (Å²) in [7, 11) is 1.67. The predicted octanol–water partition coefficient (Wildman–Crippen LogP) is 2.44. The molecule has 3 aliphatic rings. The van der Waals surface area contributed by atoms with E-state index < -0.39 is 0 Å². The van der Waals surface area contributed by atoms with Gasteiger partial charge in [0.2, 0.25) is 11.8 Å². The summed E-state index contributed by atoms with van der Waals surface area (Å²) >= 11 is 0. The molecule has 24 heavy (non-hydrogen) atoms. The molecule has 0 N–H and O–H groups in total. The fraction of sp³-hybridized carbons (Fsp3) is 0.895. The van der Waals surface area contributed by atoms with Crippen LogP contribution in [0.4, 0.5) is 0 Å². The highest BCUT2D eigenvalue weighted by molar-refractivity contribution is 5.86. The van der Waals surface area contributed by atoms with Crippen LogP contribution in [0.3, 0.4) is 0 Å². The zero-order chi connectivity index (χ0) is 17.0. The summed E-state index contributed by atoms with van der Waals surface area (Å²) in [5.74, 6) is 1.10. The molecule has 1 aliphatic carbocycles. The highest BCUT2D eigenvalue weighted by Crippen LogP contribution is 2.40. The summed E-state index contributed by atoms with van der Waals surface area (Å²) in [4.78, 5) is 29.6. The second-order valence-corrected chi connectivity index (χ2v) is 7.94. The van der Waals surface area contributed by atoms with Crippen LogP contribution in [0.25, 0.3) is 0 Å². The van der Waals surface area contributed by atoms with Gasteiger partial charge in [-0.1, -0.05) is 19.3 Å². The van der Waals surface area contributed by atoms with E-state index in [0.717, 1.165) is 32.4 Å². The number of carbonyl (C=O) groups is 2. The van der Waals surface area contributed by atoms with Gasteiger partial charge in [-0.05, 0) is 38.0 Å². The lowest BCUT2D eigenvalue weighted by Crippen LogP contribution is -2.51. The van der Waals surface area contributed by atoms with Gasteiger partial charge in [0.25, 0.3) is 0 Å². The summed E-state index contributed by atoms with van der Waals surface area (Å²) in [5.41, 5.74) is -0.311. The topological polar surface area (TPSA) is 49.9 Å². The van der Waals surface area contributed by atoms with Gasteiger partial charge in [0.15, 0.2) is 0 Å². The Morgan fingerprint density at radius 1 is 1.17 bits per heavy atom. The first-order valence-corrected chi connectivity index (χ1v) is 9.71. The molecule has 0 bridgehead atoms. The van der Waals surface area contributed by atoms with E-state index in [1.54, 1.807) is 7.11 Å². The van der Waals surface area contributed by atoms with E-state index >= 15 is 0 Å². The van der Waals surface area contributed by atoms with Crippen molar-refractivity contribution in [3.05, 3.63) is 0 Å². The van der Waals surface area contributed by atoms with E-state index in [1.165, 1.54) is 32.1 Å². The molecule has 5 heteroatoms. The maximum atomic E-state index is 12.9. The van der Waals surface area contributed by atoms with Crippen molar-refractivity contribution in [2.24, 2.45) is 11.3 Å². The van der Waals surface area contributed by atoms with Crippen LogP contribution in [-0.2, 0) is 14.3 Å². The van der Waals surface area contributed by atoms with Crippen molar-refractivity contribution in [1.29, 1.82) is 0 Å². The van der Waals surface area contributed by atoms with Gasteiger partial charge >= 0.3 is 0 Å². The Balaban J connectivity index is 1.56. The number of likely N-dealkylation sites (tertiary alicyclic amines) is 2. The number of rotatable bonds is 5. The van der Waals surface area contributed by atoms with Crippen molar-refractivity contribution < 1.29 is 14.3 Å². The minimum Gasteiger partial charge on any atom is -0.383 e. The molecule has 1 atom stereocenters. The van der Waals surface area contributed by atoms with Gasteiger partial charge in [-0.2, -0.15) is 0 Å². The standard InChI is InChI=1S/C19H32N2O3/c1-24-13-12-20-10-5-8-19(18(20)23)9-11-21(15-19)17(22)14-16-6-3-2-4-7-16/h16H,2-15H2,1H3/t19-/m1/s1. The highest BCUT2D eigenvalue weighted by Gasteiger charge is 2.49. The third-order valence-electron chi connectivity index (χ3n) is 6.28. The molecule has 3 rings (SSSR count). The molecule has 3 fully saturated rings. The van der Waals surface area contributed by atoms with E-state index in [1.807, 2.05) is 9.80 Å². The molecule has 1 saturated carbocycles. The van der Waals surface area contributed by atoms with Gasteiger partial charge in [0.05, 0.1) is 12.0 Å². The van der Waals surface area contributed by atoms with Crippen molar-refractivity contribution in [2.45, 2.75) is 57.8 Å². The number of carbonyl (C=O) groups excluding carboxylic acids is 2. The fourth-order valence-electron chi connectivity index (χ4n) is 4.80. The van der Waals surface area contributed by atoms with Gasteiger partial charge in [0, 0.05) is 39.7 Å². The van der Waals surface area contributed by atoms with E-state index in [9.17, 15) is 9.59 Å². The first-order chi connectivity index (χ1) is 11.6. The van der Waals surface area contributed by atoms with Crippen molar-refractivity contribution in [2.75, 3.05) is 39.9 Å². The maximum absolute atomic E-state index is 12.9. The first-order valence-electron chi connectivity index (χ1n) is 9.71. The molecule has 2 amide bonds. The average molecular weight is 336 g/mol. The van der Waals surface area contributed by atoms with Crippen LogP contribution in [0.1, 0.15) is 57.8 Å². The van der Waals surface area contributed by atoms with E-state index in [0.29, 0.717) is 32.0 Å². The van der Waals surface area contributed by atoms with Crippen molar-refractivity contribution in [3.63, 3.8) is 0 Å². The number of methoxy groups -OCH3 is 1. The van der Waals surface area contributed by atoms with Crippen LogP contribution in [0.5, 0.6) is 0 Å². The second-order valence-electron chi connectivity index (χ2n) is 7.94. The zero-order valence-corrected chi connectivity index (χ0v) is 15.1. The summed E-state index contributed by atoms with van der Waals surface area (Å²) in [6, 6.07) is 0. The molecule has 2 aliphatic heterocycles. The SMILES string of the molecule is COCCN1CCC[C@]2(CCN(C(=O)CC3CCCCC3)C2)C1=O. The number of ether oxygens (including phenoxy) is 1. The van der Waals surface area contributed by atoms with Crippen molar-refractivity contribution in [3.8, 4) is 0 Å². The van der Waals surface area contributed by atoms with E-state index in [2.05, 4.69) is 0 Å². The van der Waals surface area contributed by atoms with Crippen molar-refractivity contribution >= 4 is 11.8 Å². The third kappa shape index (κ3) is 3.76. The Morgan fingerprint density at radius 2 is 1.96 bits per heavy atom. The molecular weight excluding hydrogens is 304 g/mol. The Hall–Kier alpha value is -1.10. The number of piperidine rings is 1. The van der Waals surface area contributed by atoms with Gasteiger partial charge in [-0.15, -0.1) is 0 Å². The molecule has 0 unspecified atom stereocenters. The number of hydrogen-bond donors (Lipinski definition) is 0. The summed E-state index contributed by atoms with van der Waals surface area (Å²) in [6.45, 7) is 3.50. The third-order valence-corrected chi connectivity index (χ3v) is 6.28. The molecule has 136 valence electrons. The van der Waals surface area contributed by atoms with Crippen LogP contribution >= 0.6 is 0 Å². The number of hydrogen-bond acceptors (Lipinski definition) is 3. The van der Waals surface area contributed by atoms with Gasteiger partial charge in [-0.25, -0.2) is 0 Å². The average Bonchev–Trinajstić information content (AvgIpc) is 3.03. The largest absolute Gasteiger partial charge is 0.383 e. The van der Waals surface area contributed by atoms with Crippen LogP contribution in [-0.4, -0.2) is 61.5 Å². The Bertz CT molecular complexity index is 462. The van der Waals surface area contributed by atoms with Crippen LogP contribution in [0, 0.1) is 11.3 Å². The Morgan fingerprint density at radius 3 is 2.71 bits per heavy atom. The first kappa shape index (κ1) is 17.7. The number of nitrogens with zero attached hydrogens (tertiary/aromatic N) is 2. The molecule has 2 heterocycles. The quantitative estimate of drug-likeness (QED) is 0.775. The van der Waals surface area contributed by atoms with Crippen LogP contribution < -0.4 is 0 Å². The molecule has 1 spiro atoms. The lowest BCUT2D eigenvalue weighted by Gasteiger charge is -2.39. The molecular formula is C19H32N2O3. The van der Waals surface area contributed by atoms with Gasteiger partial charge in [0.1, 0.15) is 0 Å². The Kier molecular flexibility index (Phi) is 5.80. The fourth-order valence-corrected chi connectivity index (χ4v) is 4.80. The summed E-state index contributed by atoms with van der Waals surface area (Å²) in [6.07, 6.45) is 9.78. The van der Waals surface area contributed by atoms with E-state index in [4.69, 9.17) is 4.74 Å². The smallest absolute Gasteiger partial charge is 0.230 e. The normalized spacial score (nSPS) is 28.8. The number of amides is 2. The minimum absolute atomic E-state index is 0.249. The van der Waals surface area contributed by atoms with Crippen molar-refractivity contribution in [1.82, 2.24) is 9.80 Å². The molecule has 0 radical (unpaired) electrons. The maximum Gasteiger partial charge on any atom is 0.230 e. The van der Waals surface area contributed by atoms with Gasteiger partial charge < -0.3 is 14.5 Å². The molecule has 0 aromatic heterocycles. The minimum atomic E-state index is -0.311. The van der Waals surface area contributed by atoms with Crippen LogP contribution in [0.2, 0.25) is 0 Å². The zero-order valence-electron chi connectivity index (χ0n) is 15.1. The van der Waals surface area contributed by atoms with E-state index in [-0.39, 0.29) is 17.2 Å². The highest BCUT2D eigenvalue weighted by atomic mass is 16.5. The molecule has 5 nitrogen and oxygen atoms in total. The van der Waals surface area contributed by atoms with Gasteiger partial charge in [-0.3, -0.25) is 9.59 Å². The Labute approximate surface area is 145 Å². The predicted molar refractivity (Wildman–Crippen MR) is 92.5 cm³/mol. The summed E-state index contributed by atoms with van der Waals surface area (Å²) in [5, 5.41) is 0. The monoisotopic (exact) mass is 336 g/mol. The lowest BCUT2D eigenvalue weighted by molar-refractivity contribution is -0.146. The molecule has 2 saturated heterocycles. The molecule has 0 aromatic rings. The second kappa shape index (κ2) is 7.85. The summed E-state index contributed by atoms with van der Waals surface area (Å²) < 4.78 is 5.13. The lowest BCUT2D eigenvalue weighted by atomic mass is 9.78. The molecule has 0 aromatic carbocycles.